The molecule has 0 unspecified atom stereocenters. The first kappa shape index (κ1) is 16.3. The zero-order valence-electron chi connectivity index (χ0n) is 13.9. The van der Waals surface area contributed by atoms with Gasteiger partial charge in [-0.15, -0.1) is 0 Å². The van der Waals surface area contributed by atoms with Gasteiger partial charge in [0.15, 0.2) is 0 Å². The third-order valence-electron chi connectivity index (χ3n) is 4.23. The summed E-state index contributed by atoms with van der Waals surface area (Å²) >= 11 is 0. The van der Waals surface area contributed by atoms with Crippen LogP contribution in [0.15, 0.2) is 18.3 Å². The maximum Gasteiger partial charge on any atom is 0.130 e. The molecule has 1 aliphatic heterocycles. The highest BCUT2D eigenvalue weighted by Crippen LogP contribution is 2.34. The van der Waals surface area contributed by atoms with Crippen molar-refractivity contribution in [3.05, 3.63) is 23.9 Å². The number of hydrogen-bond donors (Lipinski definition) is 1. The molecular formula is C18H31N3. The van der Waals surface area contributed by atoms with E-state index in [0.29, 0.717) is 6.04 Å². The predicted octanol–water partition coefficient (Wildman–Crippen LogP) is 4.48. The molecule has 0 bridgehead atoms. The lowest BCUT2D eigenvalue weighted by Gasteiger charge is -2.37. The number of anilines is 1. The fourth-order valence-corrected chi connectivity index (χ4v) is 3.25. The van der Waals surface area contributed by atoms with Crippen molar-refractivity contribution in [1.29, 1.82) is 0 Å². The molecule has 1 aliphatic rings. The quantitative estimate of drug-likeness (QED) is 0.750. The standard InChI is InChI=1S/C18H31N3/c1-4-5-11-19-18-16(9-8-12-20-18)17-10-6-7-13-21(17)14-15(2)3/h8-9,12,15,17H,4-7,10-11,13-14H2,1-3H3,(H,19,20)/t17-/m1/s1. The van der Waals surface area contributed by atoms with Crippen molar-refractivity contribution in [2.24, 2.45) is 5.92 Å². The second kappa shape index (κ2) is 8.38. The minimum Gasteiger partial charge on any atom is -0.370 e. The molecule has 1 N–H and O–H groups in total. The van der Waals surface area contributed by atoms with Crippen molar-refractivity contribution in [1.82, 2.24) is 9.88 Å². The number of hydrogen-bond acceptors (Lipinski definition) is 3. The highest BCUT2D eigenvalue weighted by atomic mass is 15.2. The van der Waals surface area contributed by atoms with Gasteiger partial charge < -0.3 is 5.32 Å². The van der Waals surface area contributed by atoms with E-state index in [4.69, 9.17) is 0 Å². The van der Waals surface area contributed by atoms with Crippen LogP contribution in [0.1, 0.15) is 64.5 Å². The molecule has 0 spiro atoms. The van der Waals surface area contributed by atoms with Gasteiger partial charge in [-0.2, -0.15) is 0 Å². The van der Waals surface area contributed by atoms with E-state index in [0.717, 1.165) is 18.3 Å². The molecule has 0 aliphatic carbocycles. The van der Waals surface area contributed by atoms with Gasteiger partial charge in [0.25, 0.3) is 0 Å². The Morgan fingerprint density at radius 2 is 2.24 bits per heavy atom. The third kappa shape index (κ3) is 4.70. The van der Waals surface area contributed by atoms with Gasteiger partial charge in [0.1, 0.15) is 5.82 Å². The summed E-state index contributed by atoms with van der Waals surface area (Å²) < 4.78 is 0. The molecule has 0 amide bonds. The minimum atomic E-state index is 0.541. The Morgan fingerprint density at radius 3 is 3.00 bits per heavy atom. The summed E-state index contributed by atoms with van der Waals surface area (Å²) in [6.07, 6.45) is 8.27. The molecule has 3 nitrogen and oxygen atoms in total. The van der Waals surface area contributed by atoms with Gasteiger partial charge in [0, 0.05) is 30.9 Å². The molecule has 0 aromatic carbocycles. The van der Waals surface area contributed by atoms with Crippen LogP contribution in [0, 0.1) is 5.92 Å². The maximum absolute atomic E-state index is 4.60. The van der Waals surface area contributed by atoms with Crippen molar-refractivity contribution >= 4 is 5.82 Å². The SMILES string of the molecule is CCCCNc1ncccc1[C@H]1CCCCN1CC(C)C. The first-order valence-corrected chi connectivity index (χ1v) is 8.65. The Kier molecular flexibility index (Phi) is 6.50. The van der Waals surface area contributed by atoms with Gasteiger partial charge in [0.2, 0.25) is 0 Å². The molecule has 2 heterocycles. The number of unbranched alkanes of at least 4 members (excludes halogenated alkanes) is 1. The van der Waals surface area contributed by atoms with E-state index in [9.17, 15) is 0 Å². The van der Waals surface area contributed by atoms with Crippen molar-refractivity contribution < 1.29 is 0 Å². The lowest BCUT2D eigenvalue weighted by molar-refractivity contribution is 0.132. The topological polar surface area (TPSA) is 28.2 Å². The summed E-state index contributed by atoms with van der Waals surface area (Å²) in [6, 6.07) is 4.89. The number of piperidine rings is 1. The fourth-order valence-electron chi connectivity index (χ4n) is 3.25. The number of nitrogens with one attached hydrogen (secondary N) is 1. The Morgan fingerprint density at radius 1 is 1.38 bits per heavy atom. The number of aromatic nitrogens is 1. The Hall–Kier alpha value is -1.09. The van der Waals surface area contributed by atoms with Crippen molar-refractivity contribution in [2.75, 3.05) is 25.0 Å². The van der Waals surface area contributed by atoms with Crippen LogP contribution in [0.2, 0.25) is 0 Å². The number of rotatable bonds is 7. The molecule has 118 valence electrons. The lowest BCUT2D eigenvalue weighted by Crippen LogP contribution is -2.36. The van der Waals surface area contributed by atoms with Crippen LogP contribution in [-0.2, 0) is 0 Å². The number of likely N-dealkylation sites (tertiary alicyclic amines) is 1. The summed E-state index contributed by atoms with van der Waals surface area (Å²) in [4.78, 5) is 7.26. The largest absolute Gasteiger partial charge is 0.370 e. The van der Waals surface area contributed by atoms with Gasteiger partial charge in [0.05, 0.1) is 0 Å². The first-order chi connectivity index (χ1) is 10.2. The van der Waals surface area contributed by atoms with Gasteiger partial charge in [-0.1, -0.05) is 39.7 Å². The van der Waals surface area contributed by atoms with Crippen molar-refractivity contribution in [3.63, 3.8) is 0 Å². The summed E-state index contributed by atoms with van der Waals surface area (Å²) in [7, 11) is 0. The van der Waals surface area contributed by atoms with Crippen LogP contribution in [0.25, 0.3) is 0 Å². The zero-order valence-corrected chi connectivity index (χ0v) is 13.9. The van der Waals surface area contributed by atoms with Crippen LogP contribution in [0.5, 0.6) is 0 Å². The molecule has 0 saturated carbocycles. The maximum atomic E-state index is 4.60. The van der Waals surface area contributed by atoms with Gasteiger partial charge in [-0.05, 0) is 37.8 Å². The van der Waals surface area contributed by atoms with Crippen LogP contribution >= 0.6 is 0 Å². The molecule has 0 radical (unpaired) electrons. The van der Waals surface area contributed by atoms with E-state index in [1.165, 1.54) is 50.8 Å². The number of nitrogens with zero attached hydrogens (tertiary/aromatic N) is 2. The molecule has 1 aromatic rings. The smallest absolute Gasteiger partial charge is 0.130 e. The van der Waals surface area contributed by atoms with Crippen LogP contribution in [0.3, 0.4) is 0 Å². The van der Waals surface area contributed by atoms with Gasteiger partial charge in [-0.25, -0.2) is 4.98 Å². The second-order valence-corrected chi connectivity index (χ2v) is 6.62. The average molecular weight is 289 g/mol. The summed E-state index contributed by atoms with van der Waals surface area (Å²) in [5, 5.41) is 3.55. The zero-order chi connectivity index (χ0) is 15.1. The predicted molar refractivity (Wildman–Crippen MR) is 90.6 cm³/mol. The molecule has 3 heteroatoms. The van der Waals surface area contributed by atoms with E-state index in [1.807, 2.05) is 6.20 Å². The van der Waals surface area contributed by atoms with Gasteiger partial charge in [-0.3, -0.25) is 4.90 Å². The molecule has 1 fully saturated rings. The summed E-state index contributed by atoms with van der Waals surface area (Å²) in [5.41, 5.74) is 1.40. The number of pyridine rings is 1. The molecule has 1 saturated heterocycles. The van der Waals surface area contributed by atoms with Gasteiger partial charge >= 0.3 is 0 Å². The van der Waals surface area contributed by atoms with E-state index in [2.05, 4.69) is 48.1 Å². The van der Waals surface area contributed by atoms with E-state index in [1.54, 1.807) is 0 Å². The van der Waals surface area contributed by atoms with E-state index in [-0.39, 0.29) is 0 Å². The fraction of sp³-hybridized carbons (Fsp3) is 0.722. The average Bonchev–Trinajstić information content (AvgIpc) is 2.48. The molecule has 1 aromatic heterocycles. The minimum absolute atomic E-state index is 0.541. The van der Waals surface area contributed by atoms with Crippen LogP contribution in [0.4, 0.5) is 5.82 Å². The first-order valence-electron chi connectivity index (χ1n) is 8.65. The van der Waals surface area contributed by atoms with Crippen LogP contribution < -0.4 is 5.32 Å². The van der Waals surface area contributed by atoms with Crippen molar-refractivity contribution in [2.45, 2.75) is 58.9 Å². The molecular weight excluding hydrogens is 258 g/mol. The molecule has 2 rings (SSSR count). The molecule has 21 heavy (non-hydrogen) atoms. The Bertz CT molecular complexity index is 417. The van der Waals surface area contributed by atoms with E-state index < -0.39 is 0 Å². The lowest BCUT2D eigenvalue weighted by atomic mass is 9.94. The van der Waals surface area contributed by atoms with Crippen LogP contribution in [-0.4, -0.2) is 29.5 Å². The third-order valence-corrected chi connectivity index (χ3v) is 4.23. The Labute approximate surface area is 130 Å². The molecule has 1 atom stereocenters. The summed E-state index contributed by atoms with van der Waals surface area (Å²) in [6.45, 7) is 10.3. The highest BCUT2D eigenvalue weighted by molar-refractivity contribution is 5.45. The monoisotopic (exact) mass is 289 g/mol. The normalized spacial score (nSPS) is 19.9. The summed E-state index contributed by atoms with van der Waals surface area (Å²) in [5.74, 6) is 1.82. The van der Waals surface area contributed by atoms with E-state index >= 15 is 0 Å². The highest BCUT2D eigenvalue weighted by Gasteiger charge is 2.26. The second-order valence-electron chi connectivity index (χ2n) is 6.62. The Balaban J connectivity index is 2.13. The van der Waals surface area contributed by atoms with Crippen molar-refractivity contribution in [3.8, 4) is 0 Å².